The van der Waals surface area contributed by atoms with Crippen LogP contribution in [0.2, 0.25) is 0 Å². The molecule has 0 fully saturated rings. The minimum atomic E-state index is -1.62. The van der Waals surface area contributed by atoms with Crippen LogP contribution in [-0.2, 0) is 6.54 Å². The van der Waals surface area contributed by atoms with E-state index in [0.717, 1.165) is 23.3 Å². The fraction of sp³-hybridized carbons (Fsp3) is 0.0909. The first-order valence-corrected chi connectivity index (χ1v) is 13.0. The predicted octanol–water partition coefficient (Wildman–Crippen LogP) is 6.37. The number of carboxylic acid groups (broad SMARTS) is 3. The summed E-state index contributed by atoms with van der Waals surface area (Å²) in [5, 5.41) is 29.2. The molecule has 0 unspecified atom stereocenters. The van der Waals surface area contributed by atoms with Crippen LogP contribution >= 0.6 is 0 Å². The van der Waals surface area contributed by atoms with E-state index in [1.54, 1.807) is 24.3 Å². The summed E-state index contributed by atoms with van der Waals surface area (Å²) < 4.78 is 5.96. The number of fused-ring (bicyclic) bond motifs is 1. The molecule has 4 aromatic rings. The van der Waals surface area contributed by atoms with Crippen LogP contribution in [0.3, 0.4) is 0 Å². The van der Waals surface area contributed by atoms with Crippen molar-refractivity contribution < 1.29 is 39.2 Å². The molecule has 42 heavy (non-hydrogen) atoms. The Morgan fingerprint density at radius 2 is 1.29 bits per heavy atom. The first-order valence-electron chi connectivity index (χ1n) is 13.0. The van der Waals surface area contributed by atoms with Crippen molar-refractivity contribution in [2.75, 3.05) is 0 Å². The quantitative estimate of drug-likeness (QED) is 0.213. The fourth-order valence-corrected chi connectivity index (χ4v) is 5.03. The van der Waals surface area contributed by atoms with Crippen molar-refractivity contribution in [2.45, 2.75) is 19.0 Å². The minimum absolute atomic E-state index is 0.0276. The Bertz CT molecular complexity index is 1730. The van der Waals surface area contributed by atoms with Crippen LogP contribution in [0.4, 0.5) is 0 Å². The van der Waals surface area contributed by atoms with Crippen molar-refractivity contribution in [3.63, 3.8) is 0 Å². The zero-order valence-corrected chi connectivity index (χ0v) is 22.1. The molecular weight excluding hydrogens is 538 g/mol. The number of ether oxygens (including phenoxy) is 1. The van der Waals surface area contributed by atoms with Crippen LogP contribution in [0.25, 0.3) is 6.08 Å². The largest absolute Gasteiger partial charge is 0.478 e. The molecule has 210 valence electrons. The molecule has 0 bridgehead atoms. The van der Waals surface area contributed by atoms with Crippen molar-refractivity contribution >= 4 is 29.9 Å². The summed E-state index contributed by atoms with van der Waals surface area (Å²) in [5.41, 5.74) is -0.0259. The van der Waals surface area contributed by atoms with Gasteiger partial charge in [-0.3, -0.25) is 4.79 Å². The number of carboxylic acids is 3. The van der Waals surface area contributed by atoms with Gasteiger partial charge in [-0.05, 0) is 59.5 Å². The first kappa shape index (κ1) is 27.9. The summed E-state index contributed by atoms with van der Waals surface area (Å²) in [6.07, 6.45) is 4.27. The van der Waals surface area contributed by atoms with Crippen molar-refractivity contribution in [2.24, 2.45) is 0 Å². The second-order valence-electron chi connectivity index (χ2n) is 9.64. The zero-order valence-electron chi connectivity index (χ0n) is 22.1. The lowest BCUT2D eigenvalue weighted by atomic mass is 9.90. The van der Waals surface area contributed by atoms with E-state index >= 15 is 0 Å². The molecule has 0 radical (unpaired) electrons. The lowest BCUT2D eigenvalue weighted by molar-refractivity contribution is 0.0623. The van der Waals surface area contributed by atoms with E-state index in [4.69, 9.17) is 4.74 Å². The number of carbonyl (C=O) groups is 4. The van der Waals surface area contributed by atoms with E-state index in [1.165, 1.54) is 4.90 Å². The van der Waals surface area contributed by atoms with Gasteiger partial charge in [-0.25, -0.2) is 14.4 Å². The third-order valence-electron chi connectivity index (χ3n) is 6.96. The summed E-state index contributed by atoms with van der Waals surface area (Å²) in [7, 11) is 0. The molecule has 4 aromatic carbocycles. The van der Waals surface area contributed by atoms with Gasteiger partial charge in [-0.1, -0.05) is 66.7 Å². The summed E-state index contributed by atoms with van der Waals surface area (Å²) in [6, 6.07) is 24.8. The highest BCUT2D eigenvalue weighted by molar-refractivity contribution is 6.10. The summed E-state index contributed by atoms with van der Waals surface area (Å²) in [6.45, 7) is 0.0276. The molecule has 0 heterocycles. The van der Waals surface area contributed by atoms with Crippen LogP contribution in [0.1, 0.15) is 70.6 Å². The van der Waals surface area contributed by atoms with E-state index in [1.807, 2.05) is 66.7 Å². The molecule has 1 aliphatic carbocycles. The summed E-state index contributed by atoms with van der Waals surface area (Å²) in [5.74, 6) is -4.37. The van der Waals surface area contributed by atoms with Gasteiger partial charge in [-0.15, -0.1) is 0 Å². The molecule has 1 amide bonds. The molecular formula is C33H25NO8. The maximum absolute atomic E-state index is 14.3. The Morgan fingerprint density at radius 1 is 0.690 bits per heavy atom. The Kier molecular flexibility index (Phi) is 7.83. The zero-order chi connectivity index (χ0) is 29.8. The Hall–Kier alpha value is -5.70. The molecule has 0 saturated heterocycles. The monoisotopic (exact) mass is 563 g/mol. The Balaban J connectivity index is 1.61. The molecule has 5 rings (SSSR count). The number of para-hydroxylation sites is 1. The molecule has 0 aliphatic heterocycles. The predicted molar refractivity (Wildman–Crippen MR) is 153 cm³/mol. The Morgan fingerprint density at radius 3 is 1.98 bits per heavy atom. The van der Waals surface area contributed by atoms with Gasteiger partial charge in [0, 0.05) is 6.54 Å². The van der Waals surface area contributed by atoms with E-state index < -0.39 is 52.1 Å². The van der Waals surface area contributed by atoms with Crippen molar-refractivity contribution in [3.05, 3.63) is 136 Å². The number of rotatable bonds is 9. The maximum Gasteiger partial charge on any atom is 0.336 e. The van der Waals surface area contributed by atoms with Gasteiger partial charge in [0.15, 0.2) is 0 Å². The minimum Gasteiger partial charge on any atom is -0.478 e. The highest BCUT2D eigenvalue weighted by Gasteiger charge is 2.33. The molecule has 3 N–H and O–H groups in total. The van der Waals surface area contributed by atoms with Gasteiger partial charge in [0.25, 0.3) is 5.91 Å². The molecule has 1 aliphatic rings. The second kappa shape index (κ2) is 11.8. The van der Waals surface area contributed by atoms with Crippen molar-refractivity contribution in [3.8, 4) is 11.5 Å². The SMILES string of the molecule is O=C(O)c1cc(C(=O)O)c(C(=O)N(Cc2cccc(Oc3ccccc3)c2)[C@H]2CC=Cc3ccccc32)cc1C(=O)O. The number of carbonyl (C=O) groups excluding carboxylic acids is 1. The van der Waals surface area contributed by atoms with Crippen molar-refractivity contribution in [1.29, 1.82) is 0 Å². The summed E-state index contributed by atoms with van der Waals surface area (Å²) in [4.78, 5) is 51.7. The first-order chi connectivity index (χ1) is 20.2. The van der Waals surface area contributed by atoms with Crippen LogP contribution in [0.5, 0.6) is 11.5 Å². The fourth-order valence-electron chi connectivity index (χ4n) is 5.03. The van der Waals surface area contributed by atoms with E-state index in [0.29, 0.717) is 23.5 Å². The molecule has 0 saturated carbocycles. The maximum atomic E-state index is 14.3. The van der Waals surface area contributed by atoms with Crippen LogP contribution < -0.4 is 4.74 Å². The highest BCUT2D eigenvalue weighted by atomic mass is 16.5. The normalized spacial score (nSPS) is 13.6. The lowest BCUT2D eigenvalue weighted by Crippen LogP contribution is -2.36. The van der Waals surface area contributed by atoms with Gasteiger partial charge in [0.05, 0.1) is 28.3 Å². The molecule has 9 nitrogen and oxygen atoms in total. The van der Waals surface area contributed by atoms with Gasteiger partial charge in [0.2, 0.25) is 0 Å². The van der Waals surface area contributed by atoms with Crippen LogP contribution in [0.15, 0.2) is 97.1 Å². The average Bonchev–Trinajstić information content (AvgIpc) is 2.99. The number of benzene rings is 4. The third-order valence-corrected chi connectivity index (χ3v) is 6.96. The average molecular weight is 564 g/mol. The smallest absolute Gasteiger partial charge is 0.336 e. The van der Waals surface area contributed by atoms with E-state index in [-0.39, 0.29) is 6.54 Å². The van der Waals surface area contributed by atoms with Crippen molar-refractivity contribution in [1.82, 2.24) is 4.90 Å². The number of amides is 1. The number of aromatic carboxylic acids is 3. The standard InChI is InChI=1S/C33H25NO8/c35-30(25-17-27(32(38)39)28(33(40)41)18-26(25)31(36)37)34(29-15-7-10-21-9-4-5-14-24(21)29)19-20-8-6-13-23(16-20)42-22-11-2-1-3-12-22/h1-14,16-18,29H,15,19H2,(H,36,37)(H,38,39)(H,40,41)/t29-/m0/s1. The molecule has 1 atom stereocenters. The molecule has 9 heteroatoms. The van der Waals surface area contributed by atoms with Gasteiger partial charge < -0.3 is 25.0 Å². The van der Waals surface area contributed by atoms with Crippen LogP contribution in [0, 0.1) is 0 Å². The molecule has 0 aromatic heterocycles. The third kappa shape index (κ3) is 5.75. The van der Waals surface area contributed by atoms with E-state index in [9.17, 15) is 34.5 Å². The van der Waals surface area contributed by atoms with Gasteiger partial charge >= 0.3 is 17.9 Å². The number of nitrogens with zero attached hydrogens (tertiary/aromatic N) is 1. The summed E-state index contributed by atoms with van der Waals surface area (Å²) >= 11 is 0. The highest BCUT2D eigenvalue weighted by Crippen LogP contribution is 2.36. The Labute approximate surface area is 240 Å². The van der Waals surface area contributed by atoms with Crippen LogP contribution in [-0.4, -0.2) is 44.0 Å². The van der Waals surface area contributed by atoms with Gasteiger partial charge in [-0.2, -0.15) is 0 Å². The second-order valence-corrected chi connectivity index (χ2v) is 9.64. The van der Waals surface area contributed by atoms with Gasteiger partial charge in [0.1, 0.15) is 11.5 Å². The lowest BCUT2D eigenvalue weighted by Gasteiger charge is -2.35. The number of hydrogen-bond donors (Lipinski definition) is 3. The topological polar surface area (TPSA) is 141 Å². The number of hydrogen-bond acceptors (Lipinski definition) is 5. The molecule has 0 spiro atoms. The van der Waals surface area contributed by atoms with E-state index in [2.05, 4.69) is 0 Å².